The van der Waals surface area contributed by atoms with E-state index in [-0.39, 0.29) is 6.04 Å². The fourth-order valence-corrected chi connectivity index (χ4v) is 2.46. The topological polar surface area (TPSA) is 67.8 Å². The first-order valence-corrected chi connectivity index (χ1v) is 5.86. The number of carboxylic acid groups (broad SMARTS) is 1. The van der Waals surface area contributed by atoms with Gasteiger partial charge < -0.3 is 19.9 Å². The van der Waals surface area contributed by atoms with Gasteiger partial charge in [0.2, 0.25) is 0 Å². The van der Waals surface area contributed by atoms with Gasteiger partial charge in [-0.25, -0.2) is 0 Å². The van der Waals surface area contributed by atoms with Crippen LogP contribution in [0.4, 0.5) is 0 Å². The van der Waals surface area contributed by atoms with Crippen molar-refractivity contribution in [3.05, 3.63) is 23.8 Å². The van der Waals surface area contributed by atoms with Crippen molar-refractivity contribution in [3.63, 3.8) is 0 Å². The average molecular weight is 251 g/mol. The molecule has 0 aliphatic carbocycles. The van der Waals surface area contributed by atoms with Crippen LogP contribution in [-0.4, -0.2) is 31.8 Å². The summed E-state index contributed by atoms with van der Waals surface area (Å²) in [6, 6.07) is 5.19. The molecule has 0 amide bonds. The van der Waals surface area contributed by atoms with Crippen molar-refractivity contribution in [2.24, 2.45) is 5.92 Å². The van der Waals surface area contributed by atoms with Crippen LogP contribution in [0.25, 0.3) is 0 Å². The van der Waals surface area contributed by atoms with E-state index in [4.69, 9.17) is 9.47 Å². The number of ether oxygens (including phenoxy) is 2. The van der Waals surface area contributed by atoms with Crippen LogP contribution in [0.15, 0.2) is 18.2 Å². The van der Waals surface area contributed by atoms with Crippen LogP contribution in [0.1, 0.15) is 18.0 Å². The van der Waals surface area contributed by atoms with Crippen LogP contribution < -0.4 is 14.8 Å². The fourth-order valence-electron chi connectivity index (χ4n) is 2.46. The van der Waals surface area contributed by atoms with Gasteiger partial charge in [-0.2, -0.15) is 0 Å². The van der Waals surface area contributed by atoms with Crippen LogP contribution >= 0.6 is 0 Å². The molecule has 0 radical (unpaired) electrons. The SMILES string of the molecule is COc1cccc(OC)c1C1NCCC1C(=O)O. The van der Waals surface area contributed by atoms with Crippen molar-refractivity contribution < 1.29 is 19.4 Å². The molecule has 2 atom stereocenters. The third kappa shape index (κ3) is 2.13. The van der Waals surface area contributed by atoms with Crippen LogP contribution in [0, 0.1) is 5.92 Å². The van der Waals surface area contributed by atoms with Gasteiger partial charge >= 0.3 is 5.97 Å². The standard InChI is InChI=1S/C13H17NO4/c1-17-9-4-3-5-10(18-2)11(9)12-8(13(15)16)6-7-14-12/h3-5,8,12,14H,6-7H2,1-2H3,(H,15,16). The smallest absolute Gasteiger partial charge is 0.308 e. The quantitative estimate of drug-likeness (QED) is 0.847. The van der Waals surface area contributed by atoms with Crippen molar-refractivity contribution in [2.75, 3.05) is 20.8 Å². The second kappa shape index (κ2) is 5.27. The Balaban J connectivity index is 2.45. The highest BCUT2D eigenvalue weighted by molar-refractivity contribution is 5.72. The Hall–Kier alpha value is -1.75. The Kier molecular flexibility index (Phi) is 3.72. The van der Waals surface area contributed by atoms with Gasteiger partial charge in [-0.3, -0.25) is 4.79 Å². The summed E-state index contributed by atoms with van der Waals surface area (Å²) in [5, 5.41) is 12.5. The maximum atomic E-state index is 11.3. The van der Waals surface area contributed by atoms with E-state index in [0.717, 1.165) is 5.56 Å². The molecule has 18 heavy (non-hydrogen) atoms. The molecule has 98 valence electrons. The van der Waals surface area contributed by atoms with Gasteiger partial charge in [0.15, 0.2) is 0 Å². The molecule has 2 rings (SSSR count). The van der Waals surface area contributed by atoms with Gasteiger partial charge in [-0.05, 0) is 25.1 Å². The number of carbonyl (C=O) groups is 1. The van der Waals surface area contributed by atoms with Crippen LogP contribution in [0.5, 0.6) is 11.5 Å². The zero-order chi connectivity index (χ0) is 13.1. The Bertz CT molecular complexity index is 424. The van der Waals surface area contributed by atoms with Gasteiger partial charge in [0.1, 0.15) is 11.5 Å². The summed E-state index contributed by atoms with van der Waals surface area (Å²) < 4.78 is 10.6. The van der Waals surface area contributed by atoms with Gasteiger partial charge in [0.25, 0.3) is 0 Å². The second-order valence-corrected chi connectivity index (χ2v) is 4.24. The molecule has 1 aromatic rings. The second-order valence-electron chi connectivity index (χ2n) is 4.24. The summed E-state index contributed by atoms with van der Waals surface area (Å²) in [7, 11) is 3.14. The predicted molar refractivity (Wildman–Crippen MR) is 66.0 cm³/mol. The lowest BCUT2D eigenvalue weighted by Crippen LogP contribution is -2.24. The highest BCUT2D eigenvalue weighted by Crippen LogP contribution is 2.40. The first-order valence-electron chi connectivity index (χ1n) is 5.86. The maximum Gasteiger partial charge on any atom is 0.308 e. The summed E-state index contributed by atoms with van der Waals surface area (Å²) in [6.45, 7) is 0.683. The van der Waals surface area contributed by atoms with Crippen LogP contribution in [0.3, 0.4) is 0 Å². The number of hydrogen-bond donors (Lipinski definition) is 2. The summed E-state index contributed by atoms with van der Waals surface area (Å²) >= 11 is 0. The molecular weight excluding hydrogens is 234 g/mol. The molecule has 2 N–H and O–H groups in total. The number of rotatable bonds is 4. The van der Waals surface area contributed by atoms with E-state index in [0.29, 0.717) is 24.5 Å². The predicted octanol–water partition coefficient (Wildman–Crippen LogP) is 1.44. The molecule has 1 aliphatic rings. The lowest BCUT2D eigenvalue weighted by atomic mass is 9.93. The lowest BCUT2D eigenvalue weighted by Gasteiger charge is -2.21. The molecule has 0 aromatic heterocycles. The molecule has 1 aromatic carbocycles. The molecule has 5 heteroatoms. The molecule has 5 nitrogen and oxygen atoms in total. The van der Waals surface area contributed by atoms with E-state index in [1.807, 2.05) is 18.2 Å². The molecular formula is C13H17NO4. The normalized spacial score (nSPS) is 22.8. The van der Waals surface area contributed by atoms with Crippen molar-refractivity contribution in [1.29, 1.82) is 0 Å². The molecule has 0 bridgehead atoms. The van der Waals surface area contributed by atoms with Crippen LogP contribution in [0.2, 0.25) is 0 Å². The highest BCUT2D eigenvalue weighted by atomic mass is 16.5. The number of methoxy groups -OCH3 is 2. The zero-order valence-electron chi connectivity index (χ0n) is 10.5. The maximum absolute atomic E-state index is 11.3. The molecule has 2 unspecified atom stereocenters. The first-order chi connectivity index (χ1) is 8.69. The Morgan fingerprint density at radius 3 is 2.44 bits per heavy atom. The summed E-state index contributed by atoms with van der Waals surface area (Å²) in [4.78, 5) is 11.3. The molecule has 1 fully saturated rings. The third-order valence-electron chi connectivity index (χ3n) is 3.32. The molecule has 1 saturated heterocycles. The number of aliphatic carboxylic acids is 1. The zero-order valence-corrected chi connectivity index (χ0v) is 10.5. The van der Waals surface area contributed by atoms with E-state index in [1.54, 1.807) is 14.2 Å². The monoisotopic (exact) mass is 251 g/mol. The average Bonchev–Trinajstić information content (AvgIpc) is 2.86. The molecule has 1 heterocycles. The third-order valence-corrected chi connectivity index (χ3v) is 3.32. The fraction of sp³-hybridized carbons (Fsp3) is 0.462. The van der Waals surface area contributed by atoms with Gasteiger partial charge in [0, 0.05) is 0 Å². The minimum atomic E-state index is -0.794. The largest absolute Gasteiger partial charge is 0.496 e. The number of nitrogens with one attached hydrogen (secondary N) is 1. The summed E-state index contributed by atoms with van der Waals surface area (Å²) in [6.07, 6.45) is 0.612. The van der Waals surface area contributed by atoms with Crippen molar-refractivity contribution in [3.8, 4) is 11.5 Å². The highest BCUT2D eigenvalue weighted by Gasteiger charge is 2.37. The molecule has 0 spiro atoms. The molecule has 1 aliphatic heterocycles. The van der Waals surface area contributed by atoms with E-state index in [2.05, 4.69) is 5.32 Å². The Morgan fingerprint density at radius 2 is 1.94 bits per heavy atom. The van der Waals surface area contributed by atoms with E-state index in [1.165, 1.54) is 0 Å². The summed E-state index contributed by atoms with van der Waals surface area (Å²) in [5.74, 6) is 0.0631. The van der Waals surface area contributed by atoms with E-state index >= 15 is 0 Å². The van der Waals surface area contributed by atoms with Gasteiger partial charge in [-0.1, -0.05) is 6.07 Å². The number of benzene rings is 1. The minimum Gasteiger partial charge on any atom is -0.496 e. The van der Waals surface area contributed by atoms with E-state index < -0.39 is 11.9 Å². The van der Waals surface area contributed by atoms with Crippen molar-refractivity contribution >= 4 is 5.97 Å². The first kappa shape index (κ1) is 12.7. The Labute approximate surface area is 106 Å². The van der Waals surface area contributed by atoms with Crippen molar-refractivity contribution in [1.82, 2.24) is 5.32 Å². The van der Waals surface area contributed by atoms with E-state index in [9.17, 15) is 9.90 Å². The summed E-state index contributed by atoms with van der Waals surface area (Å²) in [5.41, 5.74) is 0.785. The van der Waals surface area contributed by atoms with Crippen molar-refractivity contribution in [2.45, 2.75) is 12.5 Å². The van der Waals surface area contributed by atoms with Gasteiger partial charge in [0.05, 0.1) is 31.7 Å². The number of hydrogen-bond acceptors (Lipinski definition) is 4. The number of carboxylic acids is 1. The van der Waals surface area contributed by atoms with Crippen LogP contribution in [-0.2, 0) is 4.79 Å². The van der Waals surface area contributed by atoms with Gasteiger partial charge in [-0.15, -0.1) is 0 Å². The molecule has 0 saturated carbocycles. The minimum absolute atomic E-state index is 0.270. The Morgan fingerprint density at radius 1 is 1.33 bits per heavy atom. The lowest BCUT2D eigenvalue weighted by molar-refractivity contribution is -0.142.